The van der Waals surface area contributed by atoms with Gasteiger partial charge in [0.15, 0.2) is 0 Å². The molecule has 1 N–H and O–H groups in total. The van der Waals surface area contributed by atoms with E-state index in [4.69, 9.17) is 4.74 Å². The highest BCUT2D eigenvalue weighted by molar-refractivity contribution is 5.81. The molecule has 0 fully saturated rings. The summed E-state index contributed by atoms with van der Waals surface area (Å²) in [6.45, 7) is 0.911. The predicted octanol–water partition coefficient (Wildman–Crippen LogP) is -0.147. The normalized spacial score (nSPS) is 10.8. The summed E-state index contributed by atoms with van der Waals surface area (Å²) in [5.41, 5.74) is -0.407. The van der Waals surface area contributed by atoms with Gasteiger partial charge < -0.3 is 10.1 Å². The Hall–Kier alpha value is -2.41. The molecule has 0 spiro atoms. The Labute approximate surface area is 127 Å². The van der Waals surface area contributed by atoms with Crippen LogP contribution in [0.3, 0.4) is 0 Å². The lowest BCUT2D eigenvalue weighted by molar-refractivity contribution is -0.121. The van der Waals surface area contributed by atoms with Crippen LogP contribution in [-0.2, 0) is 23.1 Å². The van der Waals surface area contributed by atoms with E-state index in [9.17, 15) is 14.4 Å². The summed E-state index contributed by atoms with van der Waals surface area (Å²) in [5, 5.41) is 3.14. The summed E-state index contributed by atoms with van der Waals surface area (Å²) >= 11 is 0. The second-order valence-corrected chi connectivity index (χ2v) is 4.95. The number of fused-ring (bicyclic) bond motifs is 1. The van der Waals surface area contributed by atoms with E-state index in [1.165, 1.54) is 11.6 Å². The highest BCUT2D eigenvalue weighted by atomic mass is 16.5. The molecule has 22 heavy (non-hydrogen) atoms. The Morgan fingerprint density at radius 2 is 2.00 bits per heavy atom. The summed E-state index contributed by atoms with van der Waals surface area (Å²) in [7, 11) is 3.00. The van der Waals surface area contributed by atoms with Gasteiger partial charge in [-0.25, -0.2) is 4.79 Å². The second kappa shape index (κ2) is 7.04. The first-order chi connectivity index (χ1) is 10.6. The van der Waals surface area contributed by atoms with Gasteiger partial charge in [-0.1, -0.05) is 12.1 Å². The lowest BCUT2D eigenvalue weighted by Crippen LogP contribution is -2.41. The molecular weight excluding hydrogens is 286 g/mol. The molecular formula is C15H19N3O4. The van der Waals surface area contributed by atoms with Crippen LogP contribution in [0.1, 0.15) is 6.42 Å². The fourth-order valence-electron chi connectivity index (χ4n) is 2.24. The lowest BCUT2D eigenvalue weighted by atomic mass is 10.2. The Kier molecular flexibility index (Phi) is 5.11. The molecule has 1 aromatic carbocycles. The van der Waals surface area contributed by atoms with Crippen LogP contribution in [-0.4, -0.2) is 35.3 Å². The van der Waals surface area contributed by atoms with E-state index in [0.717, 1.165) is 4.57 Å². The second-order valence-electron chi connectivity index (χ2n) is 4.95. The van der Waals surface area contributed by atoms with E-state index in [-0.39, 0.29) is 18.0 Å². The minimum absolute atomic E-state index is 0.125. The molecule has 1 heterocycles. The standard InChI is InChI=1S/C15H19N3O4/c1-17-14(20)11-6-3-4-7-12(11)18(15(17)21)10-13(19)16-8-5-9-22-2/h3-4,6-7H,5,8-10H2,1-2H3,(H,16,19). The molecule has 118 valence electrons. The number of nitrogens with one attached hydrogen (secondary N) is 1. The van der Waals surface area contributed by atoms with Crippen molar-refractivity contribution in [1.29, 1.82) is 0 Å². The van der Waals surface area contributed by atoms with Gasteiger partial charge in [0.05, 0.1) is 10.9 Å². The van der Waals surface area contributed by atoms with Gasteiger partial charge in [0.1, 0.15) is 6.54 Å². The number of benzene rings is 1. The van der Waals surface area contributed by atoms with E-state index in [0.29, 0.717) is 30.5 Å². The molecule has 0 bridgehead atoms. The quantitative estimate of drug-likeness (QED) is 0.753. The highest BCUT2D eigenvalue weighted by Gasteiger charge is 2.12. The van der Waals surface area contributed by atoms with Crippen molar-refractivity contribution in [3.63, 3.8) is 0 Å². The Morgan fingerprint density at radius 1 is 1.27 bits per heavy atom. The average Bonchev–Trinajstić information content (AvgIpc) is 2.53. The number of hydrogen-bond donors (Lipinski definition) is 1. The number of rotatable bonds is 6. The monoisotopic (exact) mass is 305 g/mol. The third-order valence-corrected chi connectivity index (χ3v) is 3.40. The molecule has 0 saturated heterocycles. The van der Waals surface area contributed by atoms with E-state index in [1.807, 2.05) is 0 Å². The van der Waals surface area contributed by atoms with Crippen molar-refractivity contribution in [3.8, 4) is 0 Å². The van der Waals surface area contributed by atoms with Gasteiger partial charge in [-0.3, -0.25) is 18.7 Å². The number of ether oxygens (including phenoxy) is 1. The fraction of sp³-hybridized carbons (Fsp3) is 0.400. The molecule has 0 saturated carbocycles. The first kappa shape index (κ1) is 16.0. The van der Waals surface area contributed by atoms with Crippen molar-refractivity contribution in [1.82, 2.24) is 14.5 Å². The summed E-state index contributed by atoms with van der Waals surface area (Å²) < 4.78 is 7.23. The molecule has 0 aliphatic heterocycles. The molecule has 7 nitrogen and oxygen atoms in total. The number of aromatic nitrogens is 2. The summed E-state index contributed by atoms with van der Waals surface area (Å²) in [5.74, 6) is -0.276. The minimum atomic E-state index is -0.504. The molecule has 1 amide bonds. The zero-order valence-corrected chi connectivity index (χ0v) is 12.7. The maximum atomic E-state index is 12.2. The van der Waals surface area contributed by atoms with Crippen LogP contribution < -0.4 is 16.6 Å². The van der Waals surface area contributed by atoms with Crippen LogP contribution in [0.15, 0.2) is 33.9 Å². The van der Waals surface area contributed by atoms with Gasteiger partial charge in [-0.05, 0) is 18.6 Å². The van der Waals surface area contributed by atoms with Gasteiger partial charge in [0.25, 0.3) is 5.56 Å². The third-order valence-electron chi connectivity index (χ3n) is 3.40. The van der Waals surface area contributed by atoms with Crippen molar-refractivity contribution in [3.05, 3.63) is 45.1 Å². The lowest BCUT2D eigenvalue weighted by Gasteiger charge is -2.12. The van der Waals surface area contributed by atoms with Crippen LogP contribution in [0.25, 0.3) is 10.9 Å². The topological polar surface area (TPSA) is 82.3 Å². The van der Waals surface area contributed by atoms with Crippen LogP contribution in [0.5, 0.6) is 0 Å². The summed E-state index contributed by atoms with van der Waals surface area (Å²) in [6, 6.07) is 6.76. The minimum Gasteiger partial charge on any atom is -0.385 e. The van der Waals surface area contributed by atoms with E-state index in [2.05, 4.69) is 5.32 Å². The average molecular weight is 305 g/mol. The Bertz CT molecular complexity index is 791. The van der Waals surface area contributed by atoms with Gasteiger partial charge >= 0.3 is 5.69 Å². The molecule has 7 heteroatoms. The van der Waals surface area contributed by atoms with Gasteiger partial charge in [0, 0.05) is 27.3 Å². The Morgan fingerprint density at radius 3 is 2.73 bits per heavy atom. The van der Waals surface area contributed by atoms with E-state index in [1.54, 1.807) is 31.4 Å². The number of methoxy groups -OCH3 is 1. The van der Waals surface area contributed by atoms with Gasteiger partial charge in [-0.2, -0.15) is 0 Å². The van der Waals surface area contributed by atoms with Crippen molar-refractivity contribution < 1.29 is 9.53 Å². The first-order valence-electron chi connectivity index (χ1n) is 7.00. The maximum absolute atomic E-state index is 12.2. The molecule has 0 radical (unpaired) electrons. The molecule has 0 atom stereocenters. The molecule has 1 aromatic heterocycles. The number of hydrogen-bond acceptors (Lipinski definition) is 4. The summed E-state index contributed by atoms with van der Waals surface area (Å²) in [6.07, 6.45) is 0.700. The summed E-state index contributed by atoms with van der Waals surface area (Å²) in [4.78, 5) is 36.3. The molecule has 2 rings (SSSR count). The molecule has 0 aliphatic carbocycles. The largest absolute Gasteiger partial charge is 0.385 e. The zero-order valence-electron chi connectivity index (χ0n) is 12.7. The fourth-order valence-corrected chi connectivity index (χ4v) is 2.24. The number of carbonyl (C=O) groups is 1. The van der Waals surface area contributed by atoms with E-state index >= 15 is 0 Å². The number of nitrogens with zero attached hydrogens (tertiary/aromatic N) is 2. The predicted molar refractivity (Wildman–Crippen MR) is 83.0 cm³/mol. The van der Waals surface area contributed by atoms with E-state index < -0.39 is 5.69 Å². The van der Waals surface area contributed by atoms with Crippen LogP contribution in [0, 0.1) is 0 Å². The molecule has 2 aromatic rings. The van der Waals surface area contributed by atoms with Crippen molar-refractivity contribution in [2.24, 2.45) is 7.05 Å². The van der Waals surface area contributed by atoms with Crippen LogP contribution in [0.2, 0.25) is 0 Å². The van der Waals surface area contributed by atoms with Crippen molar-refractivity contribution >= 4 is 16.8 Å². The smallest absolute Gasteiger partial charge is 0.331 e. The van der Waals surface area contributed by atoms with Crippen LogP contribution >= 0.6 is 0 Å². The molecule has 0 unspecified atom stereocenters. The number of para-hydroxylation sites is 1. The third kappa shape index (κ3) is 3.25. The zero-order chi connectivity index (χ0) is 16.1. The number of amides is 1. The van der Waals surface area contributed by atoms with Gasteiger partial charge in [-0.15, -0.1) is 0 Å². The first-order valence-corrected chi connectivity index (χ1v) is 7.00. The maximum Gasteiger partial charge on any atom is 0.331 e. The van der Waals surface area contributed by atoms with Crippen molar-refractivity contribution in [2.75, 3.05) is 20.3 Å². The Balaban J connectivity index is 2.30. The molecule has 0 aliphatic rings. The van der Waals surface area contributed by atoms with Gasteiger partial charge in [0.2, 0.25) is 5.91 Å². The SMILES string of the molecule is COCCCNC(=O)Cn1c(=O)n(C)c(=O)c2ccccc21. The number of carbonyl (C=O) groups excluding carboxylic acids is 1. The highest BCUT2D eigenvalue weighted by Crippen LogP contribution is 2.06. The van der Waals surface area contributed by atoms with Crippen molar-refractivity contribution in [2.45, 2.75) is 13.0 Å². The van der Waals surface area contributed by atoms with Crippen LogP contribution in [0.4, 0.5) is 0 Å².